The molecule has 10 heteroatoms. The van der Waals surface area contributed by atoms with Gasteiger partial charge in [0.05, 0.1) is 11.8 Å². The molecule has 3 N–H and O–H groups in total. The van der Waals surface area contributed by atoms with E-state index in [2.05, 4.69) is 25.2 Å². The molecule has 1 heterocycles. The Balaban J connectivity index is 2.47. The molecule has 9 nitrogen and oxygen atoms in total. The molecule has 1 unspecified atom stereocenters. The van der Waals surface area contributed by atoms with Gasteiger partial charge < -0.3 is 20.3 Å². The zero-order chi connectivity index (χ0) is 20.5. The zero-order valence-electron chi connectivity index (χ0n) is 17.2. The maximum absolute atomic E-state index is 11.9. The number of nitrogens with one attached hydrogen (secondary N) is 3. The van der Waals surface area contributed by atoms with E-state index in [1.165, 1.54) is 0 Å². The molecule has 27 heavy (non-hydrogen) atoms. The van der Waals surface area contributed by atoms with Gasteiger partial charge >= 0.3 is 6.09 Å². The smallest absolute Gasteiger partial charge is 0.407 e. The number of hydrogen-bond donors (Lipinski definition) is 3. The van der Waals surface area contributed by atoms with Gasteiger partial charge in [-0.15, -0.1) is 0 Å². The monoisotopic (exact) mass is 405 g/mol. The summed E-state index contributed by atoms with van der Waals surface area (Å²) >= 11 is 0. The van der Waals surface area contributed by atoms with Gasteiger partial charge in [-0.3, -0.25) is 4.99 Å². The van der Waals surface area contributed by atoms with Crippen LogP contribution in [0.5, 0.6) is 0 Å². The lowest BCUT2D eigenvalue weighted by atomic mass is 10.2. The lowest BCUT2D eigenvalue weighted by molar-refractivity contribution is 0.0507. The van der Waals surface area contributed by atoms with Gasteiger partial charge in [0.15, 0.2) is 5.96 Å². The molecule has 1 aliphatic heterocycles. The van der Waals surface area contributed by atoms with E-state index >= 15 is 0 Å². The first kappa shape index (κ1) is 23.5. The lowest BCUT2D eigenvalue weighted by Gasteiger charge is -2.23. The Labute approximate surface area is 163 Å². The van der Waals surface area contributed by atoms with Crippen molar-refractivity contribution in [3.63, 3.8) is 0 Å². The third kappa shape index (κ3) is 9.81. The summed E-state index contributed by atoms with van der Waals surface area (Å²) in [4.78, 5) is 18.6. The van der Waals surface area contributed by atoms with Crippen LogP contribution in [0.4, 0.5) is 4.79 Å². The van der Waals surface area contributed by atoms with Crippen molar-refractivity contribution in [2.45, 2.75) is 59.1 Å². The van der Waals surface area contributed by atoms with Crippen LogP contribution in [0, 0.1) is 0 Å². The highest BCUT2D eigenvalue weighted by Gasteiger charge is 2.27. The minimum absolute atomic E-state index is 0.0140. The molecular weight excluding hydrogens is 370 g/mol. The molecule has 1 fully saturated rings. The quantitative estimate of drug-likeness (QED) is 0.314. The summed E-state index contributed by atoms with van der Waals surface area (Å²) in [6, 6.07) is 0.0140. The van der Waals surface area contributed by atoms with E-state index in [1.54, 1.807) is 6.92 Å². The Kier molecular flexibility index (Phi) is 9.31. The topological polar surface area (TPSA) is 112 Å². The summed E-state index contributed by atoms with van der Waals surface area (Å²) in [6.07, 6.45) is 1.04. The molecule has 1 atom stereocenters. The first-order chi connectivity index (χ1) is 12.6. The molecule has 0 bridgehead atoms. The van der Waals surface area contributed by atoms with Crippen LogP contribution in [0.2, 0.25) is 0 Å². The average Bonchev–Trinajstić information content (AvgIpc) is 2.99. The molecule has 158 valence electrons. The number of carbonyl (C=O) groups is 1. The van der Waals surface area contributed by atoms with E-state index in [4.69, 9.17) is 4.74 Å². The Morgan fingerprint density at radius 1 is 1.30 bits per heavy atom. The number of guanidine groups is 1. The number of ether oxygens (including phenoxy) is 1. The first-order valence-electron chi connectivity index (χ1n) is 9.56. The van der Waals surface area contributed by atoms with Crippen LogP contribution < -0.4 is 15.4 Å². The minimum Gasteiger partial charge on any atom is -0.444 e. The van der Waals surface area contributed by atoms with Crippen molar-refractivity contribution < 1.29 is 17.9 Å². The maximum atomic E-state index is 11.9. The molecule has 0 spiro atoms. The van der Waals surface area contributed by atoms with E-state index < -0.39 is 21.7 Å². The van der Waals surface area contributed by atoms with Crippen molar-refractivity contribution in [2.24, 2.45) is 4.99 Å². The molecule has 0 aliphatic carbocycles. The van der Waals surface area contributed by atoms with Crippen LogP contribution in [0.15, 0.2) is 4.99 Å². The molecule has 1 amide bonds. The predicted molar refractivity (Wildman–Crippen MR) is 107 cm³/mol. The van der Waals surface area contributed by atoms with Gasteiger partial charge in [0.1, 0.15) is 5.60 Å². The number of amides is 1. The van der Waals surface area contributed by atoms with Crippen LogP contribution in [0.1, 0.15) is 47.5 Å². The number of nitrogens with zero attached hydrogens (tertiary/aromatic N) is 2. The first-order valence-corrected chi connectivity index (χ1v) is 11.2. The van der Waals surface area contributed by atoms with E-state index in [-0.39, 0.29) is 11.8 Å². The predicted octanol–water partition coefficient (Wildman–Crippen LogP) is 0.880. The number of sulfonamides is 1. The van der Waals surface area contributed by atoms with Gasteiger partial charge in [-0.1, -0.05) is 0 Å². The number of alkyl carbamates (subject to hydrolysis) is 1. The van der Waals surface area contributed by atoms with Crippen LogP contribution >= 0.6 is 0 Å². The third-order valence-corrected chi connectivity index (χ3v) is 5.25. The number of carbonyl (C=O) groups excluding carboxylic acids is 1. The lowest BCUT2D eigenvalue weighted by Crippen LogP contribution is -2.44. The highest BCUT2D eigenvalue weighted by atomic mass is 32.2. The van der Waals surface area contributed by atoms with Crippen LogP contribution in [-0.2, 0) is 14.8 Å². The van der Waals surface area contributed by atoms with Crippen molar-refractivity contribution in [1.82, 2.24) is 20.3 Å². The van der Waals surface area contributed by atoms with Crippen molar-refractivity contribution in [1.29, 1.82) is 0 Å². The summed E-state index contributed by atoms with van der Waals surface area (Å²) in [5.74, 6) is 0.864. The Morgan fingerprint density at radius 2 is 2.00 bits per heavy atom. The van der Waals surface area contributed by atoms with Gasteiger partial charge in [-0.25, -0.2) is 17.9 Å². The highest BCUT2D eigenvalue weighted by Crippen LogP contribution is 2.12. The van der Waals surface area contributed by atoms with E-state index in [9.17, 15) is 13.2 Å². The van der Waals surface area contributed by atoms with Gasteiger partial charge in [0.25, 0.3) is 0 Å². The van der Waals surface area contributed by atoms with Crippen LogP contribution in [0.3, 0.4) is 0 Å². The summed E-state index contributed by atoms with van der Waals surface area (Å²) in [5, 5.41) is 6.15. The second kappa shape index (κ2) is 10.7. The third-order valence-electron chi connectivity index (χ3n) is 3.84. The largest absolute Gasteiger partial charge is 0.444 e. The van der Waals surface area contributed by atoms with Crippen molar-refractivity contribution in [3.05, 3.63) is 0 Å². The molecule has 1 rings (SSSR count). The molecule has 0 aromatic rings. The van der Waals surface area contributed by atoms with Gasteiger partial charge in [-0.2, -0.15) is 0 Å². The van der Waals surface area contributed by atoms with E-state index in [0.29, 0.717) is 26.1 Å². The number of rotatable bonds is 8. The second-order valence-electron chi connectivity index (χ2n) is 7.46. The Hall–Kier alpha value is -1.55. The van der Waals surface area contributed by atoms with Crippen molar-refractivity contribution in [2.75, 3.05) is 38.5 Å². The van der Waals surface area contributed by atoms with E-state index in [1.807, 2.05) is 27.7 Å². The summed E-state index contributed by atoms with van der Waals surface area (Å²) in [7, 11) is -3.15. The summed E-state index contributed by atoms with van der Waals surface area (Å²) in [6.45, 7) is 12.2. The fourth-order valence-corrected chi connectivity index (χ4v) is 3.22. The molecule has 1 aliphatic rings. The van der Waals surface area contributed by atoms with Crippen LogP contribution in [0.25, 0.3) is 0 Å². The number of aliphatic imine (C=N–C) groups is 1. The molecule has 0 radical (unpaired) electrons. The molecule has 0 saturated carbocycles. The summed E-state index contributed by atoms with van der Waals surface area (Å²) in [5.41, 5.74) is -0.516. The highest BCUT2D eigenvalue weighted by molar-refractivity contribution is 7.89. The molecular formula is C17H35N5O4S. The fourth-order valence-electron chi connectivity index (χ4n) is 2.56. The average molecular weight is 406 g/mol. The number of hydrogen-bond acceptors (Lipinski definition) is 5. The minimum atomic E-state index is -3.15. The molecule has 1 saturated heterocycles. The van der Waals surface area contributed by atoms with Gasteiger partial charge in [-0.05, 0) is 47.5 Å². The second-order valence-corrected chi connectivity index (χ2v) is 9.56. The number of likely N-dealkylation sites (tertiary alicyclic amines) is 1. The van der Waals surface area contributed by atoms with E-state index in [0.717, 1.165) is 25.5 Å². The molecule has 0 aromatic heterocycles. The van der Waals surface area contributed by atoms with Crippen LogP contribution in [-0.4, -0.2) is 75.5 Å². The Morgan fingerprint density at radius 3 is 2.59 bits per heavy atom. The van der Waals surface area contributed by atoms with Crippen molar-refractivity contribution >= 4 is 22.1 Å². The van der Waals surface area contributed by atoms with Gasteiger partial charge in [0, 0.05) is 32.7 Å². The van der Waals surface area contributed by atoms with Crippen molar-refractivity contribution in [3.8, 4) is 0 Å². The normalized spacial score (nSPS) is 18.5. The SMILES string of the molecule is CCNC(=NCCCNS(=O)(=O)CC)N1CCC(NC(=O)OC(C)(C)C)C1. The maximum Gasteiger partial charge on any atom is 0.407 e. The zero-order valence-corrected chi connectivity index (χ0v) is 18.0. The standard InChI is InChI=1S/C17H35N5O4S/c1-6-18-15(19-10-8-11-20-27(24,25)7-2)22-12-9-14(13-22)21-16(23)26-17(3,4)5/h14,20H,6-13H2,1-5H3,(H,18,19)(H,21,23). The Bertz CT molecular complexity index is 601. The van der Waals surface area contributed by atoms with Gasteiger partial charge in [0.2, 0.25) is 10.0 Å². The molecule has 0 aromatic carbocycles. The fraction of sp³-hybridized carbons (Fsp3) is 0.882. The summed E-state index contributed by atoms with van der Waals surface area (Å²) < 4.78 is 30.7.